The lowest BCUT2D eigenvalue weighted by atomic mass is 10.1. The fourth-order valence-corrected chi connectivity index (χ4v) is 4.82. The maximum absolute atomic E-state index is 12.4. The second-order valence-corrected chi connectivity index (χ2v) is 8.70. The molecule has 7 heteroatoms. The van der Waals surface area contributed by atoms with E-state index in [0.717, 1.165) is 16.6 Å². The van der Waals surface area contributed by atoms with Gasteiger partial charge >= 0.3 is 10.4 Å². The molecular formula is C16H21N2O3S2+. The van der Waals surface area contributed by atoms with Gasteiger partial charge in [0.2, 0.25) is 10.7 Å². The lowest BCUT2D eigenvalue weighted by Crippen LogP contribution is -2.20. The summed E-state index contributed by atoms with van der Waals surface area (Å²) in [5.74, 6) is 2.79. The zero-order valence-electron chi connectivity index (χ0n) is 13.0. The number of nitrogens with zero attached hydrogens (tertiary/aromatic N) is 1. The first-order valence-electron chi connectivity index (χ1n) is 7.73. The number of hydrogen-bond acceptors (Lipinski definition) is 4. The molecule has 1 unspecified atom stereocenters. The molecule has 1 saturated carbocycles. The van der Waals surface area contributed by atoms with Gasteiger partial charge in [-0.1, -0.05) is 18.0 Å². The van der Waals surface area contributed by atoms with Crippen LogP contribution in [-0.2, 0) is 14.6 Å². The fraction of sp³-hybridized carbons (Fsp3) is 0.438. The molecule has 1 atom stereocenters. The highest BCUT2D eigenvalue weighted by atomic mass is 32.3. The predicted octanol–water partition coefficient (Wildman–Crippen LogP) is 4.62. The summed E-state index contributed by atoms with van der Waals surface area (Å²) >= 11 is 1.82. The Bertz CT molecular complexity index is 694. The van der Waals surface area contributed by atoms with Crippen LogP contribution in [0.3, 0.4) is 0 Å². The van der Waals surface area contributed by atoms with Crippen molar-refractivity contribution in [3.63, 3.8) is 0 Å². The molecule has 0 spiro atoms. The van der Waals surface area contributed by atoms with Gasteiger partial charge in [0, 0.05) is 16.7 Å². The van der Waals surface area contributed by atoms with Gasteiger partial charge in [-0.2, -0.15) is 9.27 Å². The maximum atomic E-state index is 12.4. The minimum Gasteiger partial charge on any atom is -0.359 e. The molecular weight excluding hydrogens is 332 g/mol. The molecule has 1 fully saturated rings. The molecule has 0 amide bonds. The first-order valence-corrected chi connectivity index (χ1v) is 10.2. The number of aromatic nitrogens is 1. The molecule has 5 nitrogen and oxygen atoms in total. The summed E-state index contributed by atoms with van der Waals surface area (Å²) in [5, 5.41) is 3.69. The van der Waals surface area contributed by atoms with E-state index >= 15 is 0 Å². The molecule has 1 aromatic carbocycles. The van der Waals surface area contributed by atoms with Crippen LogP contribution in [0.2, 0.25) is 0 Å². The first-order chi connectivity index (χ1) is 11.0. The average molecular weight is 353 g/mol. The van der Waals surface area contributed by atoms with Crippen molar-refractivity contribution in [2.45, 2.75) is 42.4 Å². The largest absolute Gasteiger partial charge is 0.359 e. The molecule has 124 valence electrons. The second kappa shape index (κ2) is 7.07. The van der Waals surface area contributed by atoms with E-state index in [1.54, 1.807) is 25.1 Å². The van der Waals surface area contributed by atoms with Crippen molar-refractivity contribution in [1.82, 2.24) is 5.16 Å². The predicted molar refractivity (Wildman–Crippen MR) is 92.9 cm³/mol. The zero-order chi connectivity index (χ0) is 16.3. The summed E-state index contributed by atoms with van der Waals surface area (Å²) in [4.78, 5) is 1.47. The standard InChI is InChI=1S/C16H20N2O3S2/c1-12-10-16(17-21-12)18-23(19,20)15-8-6-14(7-9-15)22-11-13-4-2-3-5-13/h6-10,13H,2-5,11H2,1H3,(H-,17,18,19,20)/p+1. The van der Waals surface area contributed by atoms with Gasteiger partial charge in [-0.3, -0.25) is 0 Å². The van der Waals surface area contributed by atoms with Crippen LogP contribution in [0.15, 0.2) is 44.6 Å². The highest BCUT2D eigenvalue weighted by molar-refractivity contribution is 7.99. The van der Waals surface area contributed by atoms with Crippen LogP contribution < -0.4 is 4.72 Å². The Kier molecular flexibility index (Phi) is 5.08. The van der Waals surface area contributed by atoms with Gasteiger partial charge in [-0.15, -0.1) is 11.8 Å². The van der Waals surface area contributed by atoms with Crippen molar-refractivity contribution in [1.29, 1.82) is 0 Å². The summed E-state index contributed by atoms with van der Waals surface area (Å²) in [6.45, 7) is 1.73. The molecule has 0 aliphatic heterocycles. The van der Waals surface area contributed by atoms with Crippen molar-refractivity contribution < 1.29 is 13.3 Å². The van der Waals surface area contributed by atoms with E-state index in [1.165, 1.54) is 25.7 Å². The summed E-state index contributed by atoms with van der Waals surface area (Å²) in [6, 6.07) is 8.78. The lowest BCUT2D eigenvalue weighted by molar-refractivity contribution is 0.400. The van der Waals surface area contributed by atoms with E-state index in [0.29, 0.717) is 10.7 Å². The van der Waals surface area contributed by atoms with Crippen LogP contribution >= 0.6 is 11.8 Å². The van der Waals surface area contributed by atoms with Gasteiger partial charge in [0.25, 0.3) is 0 Å². The molecule has 1 aliphatic carbocycles. The van der Waals surface area contributed by atoms with E-state index < -0.39 is 10.4 Å². The third-order valence-corrected chi connectivity index (χ3v) is 6.62. The van der Waals surface area contributed by atoms with Crippen LogP contribution in [0.1, 0.15) is 31.4 Å². The molecule has 0 saturated heterocycles. The highest BCUT2D eigenvalue weighted by Crippen LogP contribution is 2.31. The third-order valence-electron chi connectivity index (χ3n) is 3.97. The third kappa shape index (κ3) is 4.37. The van der Waals surface area contributed by atoms with E-state index in [9.17, 15) is 8.76 Å². The Balaban J connectivity index is 1.62. The van der Waals surface area contributed by atoms with E-state index in [2.05, 4.69) is 9.88 Å². The number of aryl methyl sites for hydroxylation is 1. The monoisotopic (exact) mass is 353 g/mol. The number of benzene rings is 1. The minimum atomic E-state index is -3.38. The van der Waals surface area contributed by atoms with Gasteiger partial charge in [0.15, 0.2) is 0 Å². The highest BCUT2D eigenvalue weighted by Gasteiger charge is 2.30. The van der Waals surface area contributed by atoms with Crippen LogP contribution in [-0.4, -0.2) is 15.5 Å². The Hall–Kier alpha value is -1.31. The molecule has 23 heavy (non-hydrogen) atoms. The van der Waals surface area contributed by atoms with Gasteiger partial charge in [-0.05, 0) is 54.2 Å². The van der Waals surface area contributed by atoms with Gasteiger partial charge < -0.3 is 4.52 Å². The quantitative estimate of drug-likeness (QED) is 0.585. The number of thioether (sulfide) groups is 1. The Morgan fingerprint density at radius 2 is 2.04 bits per heavy atom. The SMILES string of the molecule is Cc1cc(N[S+](=O)(O)c2ccc(SCC3CCCC3)cc2)no1. The number of anilines is 1. The zero-order valence-corrected chi connectivity index (χ0v) is 14.7. The van der Waals surface area contributed by atoms with Gasteiger partial charge in [-0.25, -0.2) is 0 Å². The van der Waals surface area contributed by atoms with E-state index in [-0.39, 0.29) is 5.82 Å². The first kappa shape index (κ1) is 16.5. The van der Waals surface area contributed by atoms with Crippen LogP contribution in [0.4, 0.5) is 5.82 Å². The number of rotatable bonds is 6. The van der Waals surface area contributed by atoms with E-state index in [4.69, 9.17) is 4.52 Å². The van der Waals surface area contributed by atoms with Crippen molar-refractivity contribution >= 4 is 28.0 Å². The smallest absolute Gasteiger partial charge is 0.347 e. The van der Waals surface area contributed by atoms with Crippen LogP contribution in [0.5, 0.6) is 0 Å². The lowest BCUT2D eigenvalue weighted by Gasteiger charge is -2.08. The number of hydrogen-bond donors (Lipinski definition) is 2. The Morgan fingerprint density at radius 3 is 2.65 bits per heavy atom. The van der Waals surface area contributed by atoms with Crippen molar-refractivity contribution in [2.24, 2.45) is 5.92 Å². The molecule has 1 aromatic heterocycles. The molecule has 1 aliphatic rings. The van der Waals surface area contributed by atoms with Gasteiger partial charge in [0.1, 0.15) is 5.76 Å². The van der Waals surface area contributed by atoms with Crippen LogP contribution in [0, 0.1) is 12.8 Å². The van der Waals surface area contributed by atoms with Gasteiger partial charge in [0.05, 0.1) is 0 Å². The summed E-state index contributed by atoms with van der Waals surface area (Å²) < 4.78 is 30.0. The second-order valence-electron chi connectivity index (χ2n) is 5.88. The summed E-state index contributed by atoms with van der Waals surface area (Å²) in [6.07, 6.45) is 5.36. The summed E-state index contributed by atoms with van der Waals surface area (Å²) in [5.41, 5.74) is 0. The molecule has 0 bridgehead atoms. The van der Waals surface area contributed by atoms with Crippen molar-refractivity contribution in [3.8, 4) is 0 Å². The Morgan fingerprint density at radius 1 is 1.35 bits per heavy atom. The molecule has 3 rings (SSSR count). The molecule has 0 radical (unpaired) electrons. The normalized spacial score (nSPS) is 18.0. The van der Waals surface area contributed by atoms with Crippen molar-refractivity contribution in [3.05, 3.63) is 36.1 Å². The topological polar surface area (TPSA) is 75.4 Å². The average Bonchev–Trinajstić information content (AvgIpc) is 3.17. The fourth-order valence-electron chi connectivity index (χ4n) is 2.73. The molecule has 2 N–H and O–H groups in total. The molecule has 1 heterocycles. The van der Waals surface area contributed by atoms with Crippen LogP contribution in [0.25, 0.3) is 0 Å². The number of nitrogens with one attached hydrogen (secondary N) is 1. The van der Waals surface area contributed by atoms with E-state index in [1.807, 2.05) is 23.9 Å². The van der Waals surface area contributed by atoms with Crippen molar-refractivity contribution in [2.75, 3.05) is 10.5 Å². The maximum Gasteiger partial charge on any atom is 0.347 e. The minimum absolute atomic E-state index is 0.259. The molecule has 2 aromatic rings. The Labute approximate surface area is 141 Å². The summed E-state index contributed by atoms with van der Waals surface area (Å²) in [7, 11) is -3.38.